The molecule has 7 rings (SSSR count). The fourth-order valence-corrected chi connectivity index (χ4v) is 6.80. The van der Waals surface area contributed by atoms with E-state index in [1.165, 1.54) is 11.3 Å². The highest BCUT2D eigenvalue weighted by atomic mass is 32.1. The molecule has 3 aliphatic heterocycles. The van der Waals surface area contributed by atoms with E-state index in [0.29, 0.717) is 33.4 Å². The van der Waals surface area contributed by atoms with E-state index in [-0.39, 0.29) is 49.9 Å². The number of amides is 3. The van der Waals surface area contributed by atoms with Gasteiger partial charge < -0.3 is 29.7 Å². The number of aryl methyl sites for hydroxylation is 2. The number of likely N-dealkylation sites (tertiary alicyclic amines) is 1. The van der Waals surface area contributed by atoms with Gasteiger partial charge in [0.05, 0.1) is 30.4 Å². The minimum absolute atomic E-state index is 0.138. The van der Waals surface area contributed by atoms with Crippen molar-refractivity contribution in [1.29, 1.82) is 0 Å². The molecule has 4 heterocycles. The summed E-state index contributed by atoms with van der Waals surface area (Å²) >= 11 is 1.41. The van der Waals surface area contributed by atoms with Gasteiger partial charge in [-0.1, -0.05) is 38.1 Å². The first kappa shape index (κ1) is 32.1. The van der Waals surface area contributed by atoms with Gasteiger partial charge >= 0.3 is 0 Å². The molecule has 10 nitrogen and oxygen atoms in total. The van der Waals surface area contributed by atoms with E-state index in [2.05, 4.69) is 29.5 Å². The van der Waals surface area contributed by atoms with Gasteiger partial charge in [0.2, 0.25) is 0 Å². The SMILES string of the molecule is COc1cc2ccc1O[C@H]1CN(C(=O)c3sc(C(C)C)nc3C)C[C@@H]1NC(=O)c1ccc(C)c(c1)-c1cccc(c1)OCC(=O)NC2. The van der Waals surface area contributed by atoms with E-state index in [1.807, 2.05) is 50.2 Å². The van der Waals surface area contributed by atoms with Gasteiger partial charge in [-0.2, -0.15) is 0 Å². The van der Waals surface area contributed by atoms with Crippen LogP contribution in [0.2, 0.25) is 0 Å². The summed E-state index contributed by atoms with van der Waals surface area (Å²) in [5.41, 5.74) is 4.68. The zero-order valence-electron chi connectivity index (χ0n) is 27.1. The number of benzene rings is 3. The van der Waals surface area contributed by atoms with Crippen molar-refractivity contribution in [2.24, 2.45) is 0 Å². The first-order valence-electron chi connectivity index (χ1n) is 15.6. The molecule has 244 valence electrons. The maximum absolute atomic E-state index is 13.8. The molecule has 2 atom stereocenters. The van der Waals surface area contributed by atoms with Crippen molar-refractivity contribution >= 4 is 29.1 Å². The van der Waals surface area contributed by atoms with Crippen molar-refractivity contribution in [3.8, 4) is 28.4 Å². The third-order valence-electron chi connectivity index (χ3n) is 8.38. The molecule has 0 unspecified atom stereocenters. The van der Waals surface area contributed by atoms with Gasteiger partial charge in [-0.25, -0.2) is 4.98 Å². The van der Waals surface area contributed by atoms with Crippen LogP contribution in [-0.2, 0) is 11.3 Å². The number of thiazole rings is 1. The number of hydrogen-bond acceptors (Lipinski definition) is 8. The van der Waals surface area contributed by atoms with Crippen molar-refractivity contribution in [3.63, 3.8) is 0 Å². The van der Waals surface area contributed by atoms with Crippen LogP contribution in [-0.4, -0.2) is 66.6 Å². The van der Waals surface area contributed by atoms with Crippen molar-refractivity contribution in [1.82, 2.24) is 20.5 Å². The molecule has 4 aromatic rings. The minimum Gasteiger partial charge on any atom is -0.493 e. The molecular weight excluding hydrogens is 616 g/mol. The zero-order valence-corrected chi connectivity index (χ0v) is 27.9. The fraction of sp³-hybridized carbons (Fsp3) is 0.333. The molecule has 0 aliphatic carbocycles. The number of hydrogen-bond donors (Lipinski definition) is 2. The van der Waals surface area contributed by atoms with Gasteiger partial charge in [-0.3, -0.25) is 14.4 Å². The lowest BCUT2D eigenvalue weighted by Gasteiger charge is -2.23. The lowest BCUT2D eigenvalue weighted by molar-refractivity contribution is -0.123. The monoisotopic (exact) mass is 654 g/mol. The summed E-state index contributed by atoms with van der Waals surface area (Å²) in [6.07, 6.45) is -0.565. The van der Waals surface area contributed by atoms with Crippen LogP contribution in [0.5, 0.6) is 17.2 Å². The smallest absolute Gasteiger partial charge is 0.266 e. The largest absolute Gasteiger partial charge is 0.493 e. The molecule has 3 aromatic carbocycles. The summed E-state index contributed by atoms with van der Waals surface area (Å²) in [7, 11) is 1.54. The first-order chi connectivity index (χ1) is 22.6. The minimum atomic E-state index is -0.565. The molecule has 0 spiro atoms. The molecule has 1 aromatic heterocycles. The van der Waals surface area contributed by atoms with Crippen LogP contribution in [0, 0.1) is 13.8 Å². The normalized spacial score (nSPS) is 18.1. The average molecular weight is 655 g/mol. The van der Waals surface area contributed by atoms with Gasteiger partial charge in [-0.15, -0.1) is 11.3 Å². The molecule has 3 aliphatic rings. The number of ether oxygens (including phenoxy) is 3. The van der Waals surface area contributed by atoms with Crippen LogP contribution in [0.15, 0.2) is 60.7 Å². The first-order valence-corrected chi connectivity index (χ1v) is 16.4. The van der Waals surface area contributed by atoms with Crippen LogP contribution >= 0.6 is 11.3 Å². The van der Waals surface area contributed by atoms with Crippen molar-refractivity contribution in [3.05, 3.63) is 92.9 Å². The van der Waals surface area contributed by atoms with E-state index in [4.69, 9.17) is 14.2 Å². The maximum atomic E-state index is 13.8. The number of aromatic nitrogens is 1. The molecule has 2 N–H and O–H groups in total. The Hall–Kier alpha value is -4.90. The number of fused-ring (bicyclic) bond motifs is 7. The molecule has 0 saturated carbocycles. The van der Waals surface area contributed by atoms with Crippen molar-refractivity contribution < 1.29 is 28.6 Å². The molecular formula is C36H38N4O6S. The van der Waals surface area contributed by atoms with Crippen LogP contribution < -0.4 is 24.8 Å². The third-order valence-corrected chi connectivity index (χ3v) is 9.83. The van der Waals surface area contributed by atoms with E-state index in [1.54, 1.807) is 36.3 Å². The molecule has 47 heavy (non-hydrogen) atoms. The van der Waals surface area contributed by atoms with Crippen LogP contribution in [0.4, 0.5) is 0 Å². The second-order valence-electron chi connectivity index (χ2n) is 12.2. The Morgan fingerprint density at radius 1 is 1.04 bits per heavy atom. The zero-order chi connectivity index (χ0) is 33.2. The standard InChI is InChI=1S/C36H38N4O6S/c1-20(2)35-38-22(4)33(47-35)36(43)40-17-28-31(18-40)46-29-12-10-23(13-30(29)44-5)16-37-32(41)19-45-26-8-6-7-24(14-26)27-15-25(34(42)39-28)11-9-21(27)3/h6-15,20,28,31H,16-19H2,1-5H3,(H,37,41)(H,39,42)/t28-,31-/m0/s1. The summed E-state index contributed by atoms with van der Waals surface area (Å²) in [6, 6.07) is 17.9. The Labute approximate surface area is 278 Å². The Kier molecular flexibility index (Phi) is 9.17. The lowest BCUT2D eigenvalue weighted by atomic mass is 9.97. The van der Waals surface area contributed by atoms with Gasteiger partial charge in [0.15, 0.2) is 18.1 Å². The Morgan fingerprint density at radius 2 is 1.87 bits per heavy atom. The van der Waals surface area contributed by atoms with Crippen molar-refractivity contribution in [2.45, 2.75) is 52.3 Å². The lowest BCUT2D eigenvalue weighted by Crippen LogP contribution is -2.45. The fourth-order valence-electron chi connectivity index (χ4n) is 5.77. The molecule has 3 amide bonds. The highest BCUT2D eigenvalue weighted by molar-refractivity contribution is 7.13. The van der Waals surface area contributed by atoms with Crippen LogP contribution in [0.1, 0.15) is 61.6 Å². The number of nitrogens with one attached hydrogen (secondary N) is 2. The highest BCUT2D eigenvalue weighted by Gasteiger charge is 2.40. The number of methoxy groups -OCH3 is 1. The number of carbonyl (C=O) groups is 3. The Bertz CT molecular complexity index is 1840. The summed E-state index contributed by atoms with van der Waals surface area (Å²) in [5.74, 6) is 0.993. The van der Waals surface area contributed by atoms with E-state index in [9.17, 15) is 14.4 Å². The van der Waals surface area contributed by atoms with Gasteiger partial charge in [-0.05, 0) is 72.5 Å². The van der Waals surface area contributed by atoms with E-state index in [0.717, 1.165) is 27.3 Å². The second-order valence-corrected chi connectivity index (χ2v) is 13.2. The quantitative estimate of drug-likeness (QED) is 0.309. The molecule has 6 bridgehead atoms. The van der Waals surface area contributed by atoms with Gasteiger partial charge in [0.1, 0.15) is 16.7 Å². The Balaban J connectivity index is 1.36. The van der Waals surface area contributed by atoms with Crippen LogP contribution in [0.25, 0.3) is 11.1 Å². The molecule has 1 fully saturated rings. The maximum Gasteiger partial charge on any atom is 0.266 e. The number of nitrogens with zero attached hydrogens (tertiary/aromatic N) is 2. The predicted molar refractivity (Wildman–Crippen MR) is 179 cm³/mol. The van der Waals surface area contributed by atoms with Gasteiger partial charge in [0.25, 0.3) is 17.7 Å². The number of rotatable bonds is 3. The van der Waals surface area contributed by atoms with Crippen molar-refractivity contribution in [2.75, 3.05) is 26.8 Å². The summed E-state index contributed by atoms with van der Waals surface area (Å²) in [5, 5.41) is 6.96. The van der Waals surface area contributed by atoms with E-state index < -0.39 is 12.1 Å². The third kappa shape index (κ3) is 6.95. The summed E-state index contributed by atoms with van der Waals surface area (Å²) in [6.45, 7) is 8.57. The topological polar surface area (TPSA) is 119 Å². The summed E-state index contributed by atoms with van der Waals surface area (Å²) in [4.78, 5) is 47.2. The average Bonchev–Trinajstić information content (AvgIpc) is 3.65. The molecule has 1 saturated heterocycles. The number of carbonyl (C=O) groups excluding carboxylic acids is 3. The molecule has 11 heteroatoms. The highest BCUT2D eigenvalue weighted by Crippen LogP contribution is 2.33. The van der Waals surface area contributed by atoms with Crippen LogP contribution in [0.3, 0.4) is 0 Å². The second kappa shape index (κ2) is 13.4. The Morgan fingerprint density at radius 3 is 2.64 bits per heavy atom. The van der Waals surface area contributed by atoms with E-state index >= 15 is 0 Å². The molecule has 0 radical (unpaired) electrons. The summed E-state index contributed by atoms with van der Waals surface area (Å²) < 4.78 is 18.0. The predicted octanol–water partition coefficient (Wildman–Crippen LogP) is 5.27. The van der Waals surface area contributed by atoms with Gasteiger partial charge in [0, 0.05) is 24.6 Å².